The SMILES string of the molecule is CC(C)=NNc1ccc([N+](=O)[O-])c(N)n1. The maximum atomic E-state index is 10.4. The van der Waals surface area contributed by atoms with Gasteiger partial charge in [-0.25, -0.2) is 4.98 Å². The number of anilines is 2. The summed E-state index contributed by atoms with van der Waals surface area (Å²) in [4.78, 5) is 13.6. The van der Waals surface area contributed by atoms with E-state index in [1.165, 1.54) is 12.1 Å². The van der Waals surface area contributed by atoms with Crippen molar-refractivity contribution in [1.82, 2.24) is 4.98 Å². The molecule has 7 nitrogen and oxygen atoms in total. The Kier molecular flexibility index (Phi) is 3.17. The van der Waals surface area contributed by atoms with Gasteiger partial charge in [-0.2, -0.15) is 5.10 Å². The van der Waals surface area contributed by atoms with E-state index in [-0.39, 0.29) is 11.5 Å². The average molecular weight is 209 g/mol. The monoisotopic (exact) mass is 209 g/mol. The molecule has 0 aromatic carbocycles. The lowest BCUT2D eigenvalue weighted by Gasteiger charge is -2.01. The van der Waals surface area contributed by atoms with Crippen molar-refractivity contribution in [2.45, 2.75) is 13.8 Å². The molecule has 80 valence electrons. The van der Waals surface area contributed by atoms with Crippen LogP contribution in [0.2, 0.25) is 0 Å². The van der Waals surface area contributed by atoms with Crippen LogP contribution < -0.4 is 11.2 Å². The molecule has 0 aliphatic heterocycles. The van der Waals surface area contributed by atoms with Crippen LogP contribution in [0.15, 0.2) is 17.2 Å². The average Bonchev–Trinajstić information content (AvgIpc) is 2.14. The highest BCUT2D eigenvalue weighted by molar-refractivity contribution is 5.79. The topological polar surface area (TPSA) is 106 Å². The third-order valence-corrected chi connectivity index (χ3v) is 1.49. The molecule has 0 unspecified atom stereocenters. The number of nitro groups is 1. The highest BCUT2D eigenvalue weighted by Crippen LogP contribution is 2.20. The quantitative estimate of drug-likeness (QED) is 0.444. The van der Waals surface area contributed by atoms with Gasteiger partial charge in [0.05, 0.1) is 4.92 Å². The molecule has 0 atom stereocenters. The molecule has 7 heteroatoms. The number of nitrogens with two attached hydrogens (primary N) is 1. The highest BCUT2D eigenvalue weighted by atomic mass is 16.6. The van der Waals surface area contributed by atoms with Crippen molar-refractivity contribution in [2.75, 3.05) is 11.2 Å². The Morgan fingerprint density at radius 2 is 2.27 bits per heavy atom. The number of hydrazone groups is 1. The van der Waals surface area contributed by atoms with Gasteiger partial charge in [-0.3, -0.25) is 15.5 Å². The lowest BCUT2D eigenvalue weighted by Crippen LogP contribution is -2.01. The summed E-state index contributed by atoms with van der Waals surface area (Å²) >= 11 is 0. The predicted octanol–water partition coefficient (Wildman–Crippen LogP) is 1.38. The van der Waals surface area contributed by atoms with Crippen molar-refractivity contribution in [2.24, 2.45) is 5.10 Å². The highest BCUT2D eigenvalue weighted by Gasteiger charge is 2.12. The van der Waals surface area contributed by atoms with Gasteiger partial charge in [0, 0.05) is 11.8 Å². The first-order chi connectivity index (χ1) is 7.00. The van der Waals surface area contributed by atoms with E-state index >= 15 is 0 Å². The van der Waals surface area contributed by atoms with E-state index < -0.39 is 4.92 Å². The first-order valence-corrected chi connectivity index (χ1v) is 4.18. The minimum absolute atomic E-state index is 0.131. The minimum atomic E-state index is -0.583. The van der Waals surface area contributed by atoms with E-state index in [2.05, 4.69) is 15.5 Å². The van der Waals surface area contributed by atoms with Gasteiger partial charge in [-0.15, -0.1) is 0 Å². The lowest BCUT2D eigenvalue weighted by molar-refractivity contribution is -0.384. The van der Waals surface area contributed by atoms with Gasteiger partial charge < -0.3 is 5.73 Å². The molecular formula is C8H11N5O2. The zero-order valence-electron chi connectivity index (χ0n) is 8.39. The van der Waals surface area contributed by atoms with Crippen LogP contribution in [0.4, 0.5) is 17.3 Å². The number of aromatic nitrogens is 1. The number of hydrogen-bond donors (Lipinski definition) is 2. The number of hydrogen-bond acceptors (Lipinski definition) is 6. The first kappa shape index (κ1) is 10.9. The van der Waals surface area contributed by atoms with Crippen LogP contribution in [0, 0.1) is 10.1 Å². The van der Waals surface area contributed by atoms with Crippen LogP contribution in [0.25, 0.3) is 0 Å². The summed E-state index contributed by atoms with van der Waals surface area (Å²) in [6.45, 7) is 3.61. The fraction of sp³-hybridized carbons (Fsp3) is 0.250. The van der Waals surface area contributed by atoms with E-state index in [4.69, 9.17) is 5.73 Å². The Hall–Kier alpha value is -2.18. The summed E-state index contributed by atoms with van der Waals surface area (Å²) in [6, 6.07) is 2.73. The van der Waals surface area contributed by atoms with Crippen LogP contribution >= 0.6 is 0 Å². The Morgan fingerprint density at radius 3 is 2.73 bits per heavy atom. The van der Waals surface area contributed by atoms with Crippen molar-refractivity contribution in [3.63, 3.8) is 0 Å². The van der Waals surface area contributed by atoms with E-state index in [0.717, 1.165) is 5.71 Å². The van der Waals surface area contributed by atoms with Crippen molar-refractivity contribution in [3.05, 3.63) is 22.2 Å². The van der Waals surface area contributed by atoms with Gasteiger partial charge >= 0.3 is 5.69 Å². The largest absolute Gasteiger partial charge is 0.378 e. The molecule has 0 aliphatic carbocycles. The standard InChI is InChI=1S/C8H11N5O2/c1-5(2)11-12-7-4-3-6(13(14)15)8(9)10-7/h3-4H,1-2H3,(H3,9,10,12). The predicted molar refractivity (Wildman–Crippen MR) is 57.7 cm³/mol. The summed E-state index contributed by atoms with van der Waals surface area (Å²) in [7, 11) is 0. The van der Waals surface area contributed by atoms with E-state index in [0.29, 0.717) is 5.82 Å². The summed E-state index contributed by atoms with van der Waals surface area (Å²) in [5.74, 6) is 0.244. The molecule has 1 heterocycles. The molecule has 0 aliphatic rings. The second-order valence-electron chi connectivity index (χ2n) is 3.03. The second kappa shape index (κ2) is 4.36. The zero-order valence-corrected chi connectivity index (χ0v) is 8.39. The van der Waals surface area contributed by atoms with Gasteiger partial charge in [0.1, 0.15) is 5.82 Å². The smallest absolute Gasteiger partial charge is 0.311 e. The third-order valence-electron chi connectivity index (χ3n) is 1.49. The van der Waals surface area contributed by atoms with Crippen LogP contribution in [0.3, 0.4) is 0 Å². The molecule has 0 saturated carbocycles. The van der Waals surface area contributed by atoms with Crippen molar-refractivity contribution < 1.29 is 4.92 Å². The Balaban J connectivity index is 2.92. The van der Waals surface area contributed by atoms with Gasteiger partial charge in [0.25, 0.3) is 0 Å². The second-order valence-corrected chi connectivity index (χ2v) is 3.03. The van der Waals surface area contributed by atoms with Crippen molar-refractivity contribution in [1.29, 1.82) is 0 Å². The van der Waals surface area contributed by atoms with Crippen LogP contribution in [0.5, 0.6) is 0 Å². The number of nitrogens with zero attached hydrogens (tertiary/aromatic N) is 3. The minimum Gasteiger partial charge on any atom is -0.378 e. The number of pyridine rings is 1. The van der Waals surface area contributed by atoms with Crippen LogP contribution in [0.1, 0.15) is 13.8 Å². The molecular weight excluding hydrogens is 198 g/mol. The maximum absolute atomic E-state index is 10.4. The fourth-order valence-corrected chi connectivity index (χ4v) is 0.853. The number of nitrogens with one attached hydrogen (secondary N) is 1. The summed E-state index contributed by atoms with van der Waals surface area (Å²) < 4.78 is 0. The fourth-order valence-electron chi connectivity index (χ4n) is 0.853. The van der Waals surface area contributed by atoms with Gasteiger partial charge in [-0.05, 0) is 19.9 Å². The first-order valence-electron chi connectivity index (χ1n) is 4.18. The molecule has 1 aromatic heterocycles. The Labute approximate surface area is 86.2 Å². The summed E-state index contributed by atoms with van der Waals surface area (Å²) in [5.41, 5.74) is 8.62. The van der Waals surface area contributed by atoms with Crippen molar-refractivity contribution in [3.8, 4) is 0 Å². The Morgan fingerprint density at radius 1 is 1.60 bits per heavy atom. The summed E-state index contributed by atoms with van der Waals surface area (Å²) in [6.07, 6.45) is 0. The van der Waals surface area contributed by atoms with Gasteiger partial charge in [-0.1, -0.05) is 0 Å². The zero-order chi connectivity index (χ0) is 11.4. The van der Waals surface area contributed by atoms with Gasteiger partial charge in [0.2, 0.25) is 5.82 Å². The molecule has 0 fully saturated rings. The molecule has 0 saturated heterocycles. The molecule has 1 rings (SSSR count). The number of nitrogen functional groups attached to an aromatic ring is 1. The normalized spacial score (nSPS) is 9.47. The van der Waals surface area contributed by atoms with E-state index in [1.54, 1.807) is 0 Å². The molecule has 15 heavy (non-hydrogen) atoms. The van der Waals surface area contributed by atoms with Gasteiger partial charge in [0.15, 0.2) is 0 Å². The van der Waals surface area contributed by atoms with Crippen LogP contribution in [-0.2, 0) is 0 Å². The molecule has 1 aromatic rings. The van der Waals surface area contributed by atoms with E-state index in [1.807, 2.05) is 13.8 Å². The van der Waals surface area contributed by atoms with Crippen molar-refractivity contribution >= 4 is 23.0 Å². The molecule has 0 amide bonds. The third kappa shape index (κ3) is 2.90. The number of rotatable bonds is 3. The van der Waals surface area contributed by atoms with Crippen LogP contribution in [-0.4, -0.2) is 15.6 Å². The molecule has 0 radical (unpaired) electrons. The maximum Gasteiger partial charge on any atom is 0.311 e. The Bertz CT molecular complexity index is 411. The van der Waals surface area contributed by atoms with E-state index in [9.17, 15) is 10.1 Å². The summed E-state index contributed by atoms with van der Waals surface area (Å²) in [5, 5.41) is 14.3. The molecule has 3 N–H and O–H groups in total. The molecule has 0 bridgehead atoms. The molecule has 0 spiro atoms. The lowest BCUT2D eigenvalue weighted by atomic mass is 10.4.